The molecular formula is C21H46NO2+. The number of aliphatic hydroxyl groups is 2. The third kappa shape index (κ3) is 18.2. The van der Waals surface area contributed by atoms with Gasteiger partial charge in [0.25, 0.3) is 0 Å². The Morgan fingerprint density at radius 1 is 0.708 bits per heavy atom. The third-order valence-corrected chi connectivity index (χ3v) is 4.99. The van der Waals surface area contributed by atoms with Crippen LogP contribution in [0.2, 0.25) is 0 Å². The summed E-state index contributed by atoms with van der Waals surface area (Å²) < 4.78 is 0. The van der Waals surface area contributed by atoms with Crippen LogP contribution in [0.1, 0.15) is 103 Å². The van der Waals surface area contributed by atoms with E-state index in [0.29, 0.717) is 0 Å². The molecule has 0 aromatic rings. The van der Waals surface area contributed by atoms with Crippen LogP contribution in [-0.4, -0.2) is 43.1 Å². The van der Waals surface area contributed by atoms with E-state index in [1.807, 2.05) is 0 Å². The second-order valence-corrected chi connectivity index (χ2v) is 7.67. The molecule has 0 aliphatic rings. The molecule has 2 unspecified atom stereocenters. The first kappa shape index (κ1) is 23.9. The van der Waals surface area contributed by atoms with Crippen LogP contribution < -0.4 is 4.90 Å². The quantitative estimate of drug-likeness (QED) is 0.313. The van der Waals surface area contributed by atoms with Gasteiger partial charge in [0.1, 0.15) is 12.6 Å². The van der Waals surface area contributed by atoms with E-state index < -0.39 is 0 Å². The fourth-order valence-electron chi connectivity index (χ4n) is 3.37. The van der Waals surface area contributed by atoms with Gasteiger partial charge in [-0.2, -0.15) is 0 Å². The van der Waals surface area contributed by atoms with Crippen molar-refractivity contribution in [1.29, 1.82) is 0 Å². The number of aliphatic hydroxyl groups excluding tert-OH is 2. The minimum absolute atomic E-state index is 0.200. The largest absolute Gasteiger partial charge is 0.396 e. The smallest absolute Gasteiger partial charge is 0.103 e. The van der Waals surface area contributed by atoms with Crippen LogP contribution in [0.5, 0.6) is 0 Å². The van der Waals surface area contributed by atoms with Gasteiger partial charge in [0.2, 0.25) is 0 Å². The SMILES string of the molecule is CCCCCCCCCCCCCC[NH+](C)CC(O)CCCCO. The second kappa shape index (κ2) is 19.2. The summed E-state index contributed by atoms with van der Waals surface area (Å²) in [7, 11) is 2.19. The van der Waals surface area contributed by atoms with Crippen molar-refractivity contribution in [2.45, 2.75) is 109 Å². The maximum Gasteiger partial charge on any atom is 0.103 e. The standard InChI is InChI=1S/C21H45NO2/c1-3-4-5-6-7-8-9-10-11-12-13-15-18-22(2)20-21(24)17-14-16-19-23/h21,23-24H,3-20H2,1-2H3/p+1. The Hall–Kier alpha value is -0.120. The highest BCUT2D eigenvalue weighted by Gasteiger charge is 2.10. The zero-order valence-electron chi connectivity index (χ0n) is 16.7. The Kier molecular flexibility index (Phi) is 19.1. The fraction of sp³-hybridized carbons (Fsp3) is 1.00. The monoisotopic (exact) mass is 344 g/mol. The predicted molar refractivity (Wildman–Crippen MR) is 105 cm³/mol. The Labute approximate surface area is 151 Å². The number of nitrogens with one attached hydrogen (secondary N) is 1. The van der Waals surface area contributed by atoms with E-state index in [0.717, 1.165) is 25.8 Å². The van der Waals surface area contributed by atoms with Gasteiger partial charge in [0.15, 0.2) is 0 Å². The highest BCUT2D eigenvalue weighted by Crippen LogP contribution is 2.11. The minimum Gasteiger partial charge on any atom is -0.396 e. The van der Waals surface area contributed by atoms with Crippen LogP contribution in [0.3, 0.4) is 0 Å². The Morgan fingerprint density at radius 2 is 1.21 bits per heavy atom. The normalized spacial score (nSPS) is 14.0. The lowest BCUT2D eigenvalue weighted by Crippen LogP contribution is -3.10. The van der Waals surface area contributed by atoms with Gasteiger partial charge in [-0.3, -0.25) is 0 Å². The van der Waals surface area contributed by atoms with Crippen LogP contribution in [0.25, 0.3) is 0 Å². The van der Waals surface area contributed by atoms with E-state index >= 15 is 0 Å². The van der Waals surface area contributed by atoms with E-state index in [1.54, 1.807) is 0 Å². The van der Waals surface area contributed by atoms with E-state index in [1.165, 1.54) is 88.5 Å². The van der Waals surface area contributed by atoms with Crippen molar-refractivity contribution in [2.75, 3.05) is 26.7 Å². The van der Waals surface area contributed by atoms with Gasteiger partial charge >= 0.3 is 0 Å². The molecule has 0 fully saturated rings. The topological polar surface area (TPSA) is 44.9 Å². The molecule has 0 rings (SSSR count). The van der Waals surface area contributed by atoms with E-state index in [9.17, 15) is 5.11 Å². The van der Waals surface area contributed by atoms with Gasteiger partial charge in [-0.1, -0.05) is 71.1 Å². The number of likely N-dealkylation sites (N-methyl/N-ethyl adjacent to an activating group) is 1. The average Bonchev–Trinajstić information content (AvgIpc) is 2.56. The molecular weight excluding hydrogens is 298 g/mol. The summed E-state index contributed by atoms with van der Waals surface area (Å²) in [4.78, 5) is 1.44. The molecule has 0 aliphatic heterocycles. The summed E-state index contributed by atoms with van der Waals surface area (Å²) in [5.41, 5.74) is 0. The van der Waals surface area contributed by atoms with E-state index in [4.69, 9.17) is 5.11 Å². The molecule has 0 aromatic heterocycles. The lowest BCUT2D eigenvalue weighted by molar-refractivity contribution is -0.883. The maximum absolute atomic E-state index is 9.93. The van der Waals surface area contributed by atoms with Crippen LogP contribution >= 0.6 is 0 Å². The van der Waals surface area contributed by atoms with Gasteiger partial charge in [-0.15, -0.1) is 0 Å². The first-order chi connectivity index (χ1) is 11.7. The summed E-state index contributed by atoms with van der Waals surface area (Å²) in [6.45, 7) is 4.55. The number of hydrogen-bond acceptors (Lipinski definition) is 2. The highest BCUT2D eigenvalue weighted by atomic mass is 16.3. The predicted octanol–water partition coefficient (Wildman–Crippen LogP) is 3.73. The molecule has 3 heteroatoms. The first-order valence-corrected chi connectivity index (χ1v) is 10.8. The van der Waals surface area contributed by atoms with Gasteiger partial charge in [-0.25, -0.2) is 0 Å². The Bertz CT molecular complexity index is 236. The number of quaternary nitrogens is 1. The maximum atomic E-state index is 9.93. The van der Waals surface area contributed by atoms with Gasteiger partial charge < -0.3 is 15.1 Å². The summed E-state index contributed by atoms with van der Waals surface area (Å²) in [5, 5.41) is 18.7. The van der Waals surface area contributed by atoms with Crippen molar-refractivity contribution >= 4 is 0 Å². The van der Waals surface area contributed by atoms with Gasteiger partial charge in [0, 0.05) is 6.61 Å². The Morgan fingerprint density at radius 3 is 1.71 bits per heavy atom. The lowest BCUT2D eigenvalue weighted by Gasteiger charge is -2.17. The molecule has 0 bridgehead atoms. The lowest BCUT2D eigenvalue weighted by atomic mass is 10.1. The number of hydrogen-bond donors (Lipinski definition) is 3. The van der Waals surface area contributed by atoms with Crippen molar-refractivity contribution < 1.29 is 15.1 Å². The Balaban J connectivity index is 3.23. The molecule has 0 saturated heterocycles. The molecule has 0 saturated carbocycles. The highest BCUT2D eigenvalue weighted by molar-refractivity contribution is 4.53. The molecule has 0 aromatic carbocycles. The van der Waals surface area contributed by atoms with Crippen molar-refractivity contribution in [3.63, 3.8) is 0 Å². The molecule has 0 radical (unpaired) electrons. The number of unbranched alkanes of at least 4 members (excludes halogenated alkanes) is 12. The average molecular weight is 345 g/mol. The molecule has 0 amide bonds. The van der Waals surface area contributed by atoms with Crippen LogP contribution in [0, 0.1) is 0 Å². The molecule has 24 heavy (non-hydrogen) atoms. The molecule has 146 valence electrons. The summed E-state index contributed by atoms with van der Waals surface area (Å²) in [6.07, 6.45) is 19.1. The minimum atomic E-state index is -0.200. The van der Waals surface area contributed by atoms with E-state index in [-0.39, 0.29) is 12.7 Å². The molecule has 2 atom stereocenters. The van der Waals surface area contributed by atoms with Crippen LogP contribution in [-0.2, 0) is 0 Å². The van der Waals surface area contributed by atoms with E-state index in [2.05, 4.69) is 14.0 Å². The molecule has 0 aliphatic carbocycles. The van der Waals surface area contributed by atoms with Crippen LogP contribution in [0.4, 0.5) is 0 Å². The van der Waals surface area contributed by atoms with Crippen molar-refractivity contribution in [2.24, 2.45) is 0 Å². The number of rotatable bonds is 19. The zero-order chi connectivity index (χ0) is 17.9. The first-order valence-electron chi connectivity index (χ1n) is 10.8. The summed E-state index contributed by atoms with van der Waals surface area (Å²) >= 11 is 0. The van der Waals surface area contributed by atoms with Crippen LogP contribution in [0.15, 0.2) is 0 Å². The van der Waals surface area contributed by atoms with Crippen molar-refractivity contribution in [1.82, 2.24) is 0 Å². The van der Waals surface area contributed by atoms with Gasteiger partial charge in [-0.05, 0) is 32.1 Å². The van der Waals surface area contributed by atoms with Crippen molar-refractivity contribution in [3.05, 3.63) is 0 Å². The molecule has 3 N–H and O–H groups in total. The summed E-state index contributed by atoms with van der Waals surface area (Å²) in [6, 6.07) is 0. The molecule has 3 nitrogen and oxygen atoms in total. The zero-order valence-corrected chi connectivity index (χ0v) is 16.7. The van der Waals surface area contributed by atoms with Gasteiger partial charge in [0.05, 0.1) is 13.6 Å². The second-order valence-electron chi connectivity index (χ2n) is 7.67. The third-order valence-electron chi connectivity index (χ3n) is 4.99. The molecule has 0 spiro atoms. The fourth-order valence-corrected chi connectivity index (χ4v) is 3.37. The molecule has 0 heterocycles. The van der Waals surface area contributed by atoms with Crippen molar-refractivity contribution in [3.8, 4) is 0 Å². The summed E-state index contributed by atoms with van der Waals surface area (Å²) in [5.74, 6) is 0.